The van der Waals surface area contributed by atoms with Gasteiger partial charge in [-0.2, -0.15) is 13.2 Å². The van der Waals surface area contributed by atoms with Crippen LogP contribution in [0.15, 0.2) is 66.7 Å². The Morgan fingerprint density at radius 2 is 1.48 bits per heavy atom. The van der Waals surface area contributed by atoms with E-state index in [4.69, 9.17) is 9.84 Å². The van der Waals surface area contributed by atoms with Crippen molar-refractivity contribution in [1.29, 1.82) is 0 Å². The largest absolute Gasteiger partial charge is 0.465 e. The van der Waals surface area contributed by atoms with E-state index in [1.54, 1.807) is 0 Å². The number of carbonyl (C=O) groups excluding carboxylic acids is 1. The molecule has 170 valence electrons. The number of amides is 2. The summed E-state index contributed by atoms with van der Waals surface area (Å²) in [6.45, 7) is 0. The van der Waals surface area contributed by atoms with Crippen molar-refractivity contribution in [3.05, 3.63) is 88.0 Å². The van der Waals surface area contributed by atoms with Crippen LogP contribution < -0.4 is 15.4 Å². The average Bonchev–Trinajstić information content (AvgIpc) is 2.74. The van der Waals surface area contributed by atoms with Crippen molar-refractivity contribution in [3.63, 3.8) is 0 Å². The SMILES string of the molecule is O=C(O)Nc1ccc(Oc2ccc(C(=O)Nc3ccc(C(F)(F)F)cc3)cc2[N+](=O)[O-])cc1. The van der Waals surface area contributed by atoms with Crippen molar-refractivity contribution < 1.29 is 37.5 Å². The van der Waals surface area contributed by atoms with Gasteiger partial charge in [-0.05, 0) is 60.7 Å². The van der Waals surface area contributed by atoms with E-state index in [0.717, 1.165) is 30.3 Å². The molecule has 0 fully saturated rings. The fraction of sp³-hybridized carbons (Fsp3) is 0.0476. The molecule has 0 saturated carbocycles. The Balaban J connectivity index is 1.77. The summed E-state index contributed by atoms with van der Waals surface area (Å²) in [6, 6.07) is 12.7. The van der Waals surface area contributed by atoms with Gasteiger partial charge in [0.2, 0.25) is 5.75 Å². The van der Waals surface area contributed by atoms with Gasteiger partial charge in [-0.25, -0.2) is 4.79 Å². The van der Waals surface area contributed by atoms with E-state index >= 15 is 0 Å². The maximum absolute atomic E-state index is 12.6. The number of nitro groups is 1. The van der Waals surface area contributed by atoms with Crippen molar-refractivity contribution in [2.24, 2.45) is 0 Å². The lowest BCUT2D eigenvalue weighted by atomic mass is 10.1. The number of carbonyl (C=O) groups is 2. The zero-order chi connectivity index (χ0) is 24.2. The number of hydrogen-bond acceptors (Lipinski definition) is 5. The minimum Gasteiger partial charge on any atom is -0.465 e. The molecule has 0 aliphatic carbocycles. The molecule has 9 nitrogen and oxygen atoms in total. The maximum atomic E-state index is 12.6. The zero-order valence-electron chi connectivity index (χ0n) is 16.4. The monoisotopic (exact) mass is 461 g/mol. The first-order chi connectivity index (χ1) is 15.5. The summed E-state index contributed by atoms with van der Waals surface area (Å²) in [7, 11) is 0. The van der Waals surface area contributed by atoms with Gasteiger partial charge in [-0.15, -0.1) is 0 Å². The number of ether oxygens (including phenoxy) is 1. The van der Waals surface area contributed by atoms with Crippen LogP contribution in [0.5, 0.6) is 11.5 Å². The third-order valence-electron chi connectivity index (χ3n) is 4.22. The molecule has 0 aliphatic rings. The standard InChI is InChI=1S/C21H14F3N3O6/c22-21(23,24)13-2-4-14(5-3-13)25-19(28)12-1-10-18(17(11-12)27(31)32)33-16-8-6-15(7-9-16)26-20(29)30/h1-11,26H,(H,25,28)(H,29,30). The van der Waals surface area contributed by atoms with Crippen LogP contribution in [-0.4, -0.2) is 22.0 Å². The van der Waals surface area contributed by atoms with Crippen molar-refractivity contribution in [2.75, 3.05) is 10.6 Å². The van der Waals surface area contributed by atoms with Crippen molar-refractivity contribution >= 4 is 29.1 Å². The van der Waals surface area contributed by atoms with Crippen LogP contribution >= 0.6 is 0 Å². The first-order valence-corrected chi connectivity index (χ1v) is 9.08. The first-order valence-electron chi connectivity index (χ1n) is 9.08. The Hall–Kier alpha value is -4.61. The van der Waals surface area contributed by atoms with Gasteiger partial charge in [0.1, 0.15) is 5.75 Å². The lowest BCUT2D eigenvalue weighted by Gasteiger charge is -2.10. The zero-order valence-corrected chi connectivity index (χ0v) is 16.4. The summed E-state index contributed by atoms with van der Waals surface area (Å²) < 4.78 is 43.4. The summed E-state index contributed by atoms with van der Waals surface area (Å²) in [5, 5.41) is 24.6. The van der Waals surface area contributed by atoms with Gasteiger partial charge in [-0.1, -0.05) is 0 Å². The minimum absolute atomic E-state index is 0.0750. The second-order valence-corrected chi connectivity index (χ2v) is 6.53. The summed E-state index contributed by atoms with van der Waals surface area (Å²) in [5.74, 6) is -0.769. The molecule has 0 unspecified atom stereocenters. The molecule has 3 rings (SSSR count). The predicted molar refractivity (Wildman–Crippen MR) is 111 cm³/mol. The first kappa shape index (κ1) is 23.1. The normalized spacial score (nSPS) is 10.9. The van der Waals surface area contributed by atoms with Crippen LogP contribution in [0.3, 0.4) is 0 Å². The number of carboxylic acid groups (broad SMARTS) is 1. The molecule has 0 radical (unpaired) electrons. The topological polar surface area (TPSA) is 131 Å². The number of hydrogen-bond donors (Lipinski definition) is 3. The van der Waals surface area contributed by atoms with Gasteiger partial charge < -0.3 is 15.2 Å². The van der Waals surface area contributed by atoms with Crippen LogP contribution in [0.4, 0.5) is 35.0 Å². The number of nitro benzene ring substituents is 1. The summed E-state index contributed by atoms with van der Waals surface area (Å²) in [4.78, 5) is 33.7. The van der Waals surface area contributed by atoms with E-state index in [2.05, 4.69) is 10.6 Å². The molecule has 12 heteroatoms. The van der Waals surface area contributed by atoms with Crippen molar-refractivity contribution in [3.8, 4) is 11.5 Å². The summed E-state index contributed by atoms with van der Waals surface area (Å²) in [6.07, 6.45) is -5.78. The Bertz CT molecular complexity index is 1200. The molecule has 0 bridgehead atoms. The Labute approximate surface area is 183 Å². The van der Waals surface area contributed by atoms with Gasteiger partial charge in [0, 0.05) is 23.0 Å². The number of nitrogens with one attached hydrogen (secondary N) is 2. The highest BCUT2D eigenvalue weighted by Crippen LogP contribution is 2.33. The molecule has 0 saturated heterocycles. The van der Waals surface area contributed by atoms with Crippen LogP contribution in [0, 0.1) is 10.1 Å². The molecule has 3 aromatic rings. The van der Waals surface area contributed by atoms with E-state index in [0.29, 0.717) is 0 Å². The Morgan fingerprint density at radius 1 is 0.909 bits per heavy atom. The third-order valence-corrected chi connectivity index (χ3v) is 4.22. The molecule has 0 spiro atoms. The van der Waals surface area contributed by atoms with E-state index in [1.807, 2.05) is 0 Å². The van der Waals surface area contributed by atoms with Gasteiger partial charge in [-0.3, -0.25) is 20.2 Å². The van der Waals surface area contributed by atoms with Gasteiger partial charge in [0.25, 0.3) is 5.91 Å². The molecule has 0 heterocycles. The number of halogens is 3. The molecular weight excluding hydrogens is 447 g/mol. The molecule has 2 amide bonds. The highest BCUT2D eigenvalue weighted by atomic mass is 19.4. The van der Waals surface area contributed by atoms with Gasteiger partial charge >= 0.3 is 18.0 Å². The lowest BCUT2D eigenvalue weighted by Crippen LogP contribution is -2.13. The molecule has 0 aliphatic heterocycles. The second kappa shape index (κ2) is 9.26. The molecule has 0 aromatic heterocycles. The number of alkyl halides is 3. The van der Waals surface area contributed by atoms with E-state index in [9.17, 15) is 32.9 Å². The van der Waals surface area contributed by atoms with Gasteiger partial charge in [0.15, 0.2) is 0 Å². The number of rotatable bonds is 6. The molecule has 0 atom stereocenters. The minimum atomic E-state index is -4.52. The fourth-order valence-electron chi connectivity index (χ4n) is 2.69. The maximum Gasteiger partial charge on any atom is 0.416 e. The Morgan fingerprint density at radius 3 is 2.03 bits per heavy atom. The molecule has 3 N–H and O–H groups in total. The second-order valence-electron chi connectivity index (χ2n) is 6.53. The Kier molecular flexibility index (Phi) is 6.47. The molecule has 3 aromatic carbocycles. The number of nitrogens with zero attached hydrogens (tertiary/aromatic N) is 1. The lowest BCUT2D eigenvalue weighted by molar-refractivity contribution is -0.385. The summed E-state index contributed by atoms with van der Waals surface area (Å²) >= 11 is 0. The smallest absolute Gasteiger partial charge is 0.416 e. The third kappa shape index (κ3) is 5.97. The summed E-state index contributed by atoms with van der Waals surface area (Å²) in [5.41, 5.74) is -1.19. The van der Waals surface area contributed by atoms with Crippen LogP contribution in [0.2, 0.25) is 0 Å². The van der Waals surface area contributed by atoms with Crippen molar-refractivity contribution in [1.82, 2.24) is 0 Å². The van der Waals surface area contributed by atoms with Crippen molar-refractivity contribution in [2.45, 2.75) is 6.18 Å². The van der Waals surface area contributed by atoms with E-state index in [-0.39, 0.29) is 28.4 Å². The van der Waals surface area contributed by atoms with E-state index in [1.165, 1.54) is 36.4 Å². The van der Waals surface area contributed by atoms with Gasteiger partial charge in [0.05, 0.1) is 10.5 Å². The van der Waals surface area contributed by atoms with Crippen LogP contribution in [0.25, 0.3) is 0 Å². The van der Waals surface area contributed by atoms with E-state index < -0.39 is 34.4 Å². The molecular formula is C21H14F3N3O6. The fourth-order valence-corrected chi connectivity index (χ4v) is 2.69. The quantitative estimate of drug-likeness (QED) is 0.317. The average molecular weight is 461 g/mol. The van der Waals surface area contributed by atoms with Crippen LogP contribution in [0.1, 0.15) is 15.9 Å². The highest BCUT2D eigenvalue weighted by Gasteiger charge is 2.30. The molecule has 33 heavy (non-hydrogen) atoms. The predicted octanol–water partition coefficient (Wildman–Crippen LogP) is 5.75. The van der Waals surface area contributed by atoms with Crippen LogP contribution in [-0.2, 0) is 6.18 Å². The highest BCUT2D eigenvalue weighted by molar-refractivity contribution is 6.04. The number of anilines is 2. The number of benzene rings is 3.